The Morgan fingerprint density at radius 1 is 0.974 bits per heavy atom. The number of rotatable bonds is 7. The van der Waals surface area contributed by atoms with Crippen LogP contribution in [0.15, 0.2) is 91.5 Å². The van der Waals surface area contributed by atoms with E-state index in [0.717, 1.165) is 5.56 Å². The molecule has 0 unspecified atom stereocenters. The van der Waals surface area contributed by atoms with E-state index in [-0.39, 0.29) is 6.42 Å². The molecule has 0 spiro atoms. The number of benzene rings is 3. The van der Waals surface area contributed by atoms with Crippen molar-refractivity contribution in [2.75, 3.05) is 0 Å². The topological polar surface area (TPSA) is 87.7 Å². The molecule has 1 aliphatic heterocycles. The third-order valence-corrected chi connectivity index (χ3v) is 6.69. The van der Waals surface area contributed by atoms with Crippen molar-refractivity contribution in [1.29, 1.82) is 0 Å². The van der Waals surface area contributed by atoms with Crippen molar-refractivity contribution in [3.05, 3.63) is 118 Å². The van der Waals surface area contributed by atoms with E-state index in [1.54, 1.807) is 72.8 Å². The molecule has 0 aliphatic carbocycles. The van der Waals surface area contributed by atoms with Crippen molar-refractivity contribution in [2.45, 2.75) is 37.6 Å². The summed E-state index contributed by atoms with van der Waals surface area (Å²) in [6.07, 6.45) is 0.249. The SMILES string of the molecule is C=CC[C@H]1O[C@H](c2cccc(Cl)c2)[C@H](c2ccc(Cl)cc2)N([C@H](C(=O)NNC(C)=O)c2ccccc2)C1=O. The van der Waals surface area contributed by atoms with Crippen LogP contribution in [0.2, 0.25) is 10.0 Å². The lowest BCUT2D eigenvalue weighted by Crippen LogP contribution is -2.56. The molecule has 3 aromatic carbocycles. The number of nitrogens with zero attached hydrogens (tertiary/aromatic N) is 1. The molecule has 4 rings (SSSR count). The Bertz CT molecular complexity index is 1320. The van der Waals surface area contributed by atoms with E-state index < -0.39 is 42.0 Å². The van der Waals surface area contributed by atoms with Crippen molar-refractivity contribution in [1.82, 2.24) is 15.8 Å². The maximum Gasteiger partial charge on any atom is 0.265 e. The second-order valence-corrected chi connectivity index (χ2v) is 9.72. The predicted octanol–water partition coefficient (Wildman–Crippen LogP) is 5.49. The second kappa shape index (κ2) is 12.3. The molecule has 7 nitrogen and oxygen atoms in total. The average molecular weight is 552 g/mol. The van der Waals surface area contributed by atoms with E-state index in [1.165, 1.54) is 11.8 Å². The minimum atomic E-state index is -1.10. The van der Waals surface area contributed by atoms with Crippen molar-refractivity contribution in [3.63, 3.8) is 0 Å². The summed E-state index contributed by atoms with van der Waals surface area (Å²) >= 11 is 12.5. The van der Waals surface area contributed by atoms with Gasteiger partial charge in [-0.25, -0.2) is 0 Å². The van der Waals surface area contributed by atoms with Crippen LogP contribution < -0.4 is 10.9 Å². The number of hydrogen-bond donors (Lipinski definition) is 2. The standard InChI is InChI=1S/C29H27Cl2N3O4/c1-3-8-24-29(37)34(26(19-9-5-4-6-10-19)28(36)33-32-18(2)35)25(20-13-15-22(30)16-14-20)27(38-24)21-11-7-12-23(31)17-21/h3-7,9-17,24-27H,1,8H2,2H3,(H,32,35)(H,33,36)/t24-,25+,26+,27-/m1/s1. The van der Waals surface area contributed by atoms with Gasteiger partial charge in [0.2, 0.25) is 5.91 Å². The highest BCUT2D eigenvalue weighted by Gasteiger charge is 2.48. The number of hydrogen-bond acceptors (Lipinski definition) is 4. The number of halogens is 2. The average Bonchev–Trinajstić information content (AvgIpc) is 2.91. The third-order valence-electron chi connectivity index (χ3n) is 6.20. The van der Waals surface area contributed by atoms with Gasteiger partial charge in [0.1, 0.15) is 18.2 Å². The quantitative estimate of drug-likeness (QED) is 0.300. The van der Waals surface area contributed by atoms with E-state index in [4.69, 9.17) is 27.9 Å². The fraction of sp³-hybridized carbons (Fsp3) is 0.207. The van der Waals surface area contributed by atoms with Crippen LogP contribution in [0.5, 0.6) is 0 Å². The summed E-state index contributed by atoms with van der Waals surface area (Å²) in [5.74, 6) is -1.42. The molecule has 9 heteroatoms. The molecule has 0 radical (unpaired) electrons. The van der Waals surface area contributed by atoms with Crippen molar-refractivity contribution < 1.29 is 19.1 Å². The van der Waals surface area contributed by atoms with Gasteiger partial charge < -0.3 is 9.64 Å². The molecule has 1 saturated heterocycles. The molecule has 1 heterocycles. The fourth-order valence-corrected chi connectivity index (χ4v) is 4.91. The van der Waals surface area contributed by atoms with Crippen LogP contribution in [-0.4, -0.2) is 28.7 Å². The number of carbonyl (C=O) groups is 3. The summed E-state index contributed by atoms with van der Waals surface area (Å²) in [6.45, 7) is 5.07. The molecule has 1 aliphatic rings. The molecular formula is C29H27Cl2N3O4. The van der Waals surface area contributed by atoms with Crippen molar-refractivity contribution in [3.8, 4) is 0 Å². The number of carbonyl (C=O) groups excluding carboxylic acids is 3. The number of nitrogens with one attached hydrogen (secondary N) is 2. The van der Waals surface area contributed by atoms with Gasteiger partial charge in [-0.3, -0.25) is 25.2 Å². The van der Waals surface area contributed by atoms with Crippen LogP contribution in [0, 0.1) is 0 Å². The van der Waals surface area contributed by atoms with Gasteiger partial charge in [-0.05, 0) is 41.0 Å². The summed E-state index contributed by atoms with van der Waals surface area (Å²) in [4.78, 5) is 40.9. The van der Waals surface area contributed by atoms with Gasteiger partial charge in [-0.1, -0.05) is 83.9 Å². The first-order valence-electron chi connectivity index (χ1n) is 12.0. The Kier molecular flexibility index (Phi) is 8.84. The van der Waals surface area contributed by atoms with Crippen LogP contribution in [0.25, 0.3) is 0 Å². The maximum absolute atomic E-state index is 14.1. The summed E-state index contributed by atoms with van der Waals surface area (Å²) in [5.41, 5.74) is 6.80. The minimum absolute atomic E-state index is 0.231. The van der Waals surface area contributed by atoms with Crippen LogP contribution in [0.4, 0.5) is 0 Å². The number of amides is 3. The Morgan fingerprint density at radius 3 is 2.32 bits per heavy atom. The lowest BCUT2D eigenvalue weighted by molar-refractivity contribution is -0.181. The Hall–Kier alpha value is -3.65. The highest BCUT2D eigenvalue weighted by atomic mass is 35.5. The summed E-state index contributed by atoms with van der Waals surface area (Å²) in [7, 11) is 0. The van der Waals surface area contributed by atoms with Crippen LogP contribution in [0.3, 0.4) is 0 Å². The molecular weight excluding hydrogens is 525 g/mol. The highest BCUT2D eigenvalue weighted by Crippen LogP contribution is 2.47. The zero-order valence-corrected chi connectivity index (χ0v) is 22.2. The summed E-state index contributed by atoms with van der Waals surface area (Å²) in [5, 5.41) is 1.03. The Morgan fingerprint density at radius 2 is 1.68 bits per heavy atom. The zero-order valence-electron chi connectivity index (χ0n) is 20.6. The van der Waals surface area contributed by atoms with Crippen molar-refractivity contribution >= 4 is 40.9 Å². The number of morpholine rings is 1. The van der Waals surface area contributed by atoms with Gasteiger partial charge in [-0.15, -0.1) is 6.58 Å². The van der Waals surface area contributed by atoms with Gasteiger partial charge in [0.05, 0.1) is 6.04 Å². The zero-order chi connectivity index (χ0) is 27.2. The Labute approximate surface area is 231 Å². The van der Waals surface area contributed by atoms with E-state index in [1.807, 2.05) is 12.1 Å². The molecule has 196 valence electrons. The Balaban J connectivity index is 1.93. The molecule has 2 N–H and O–H groups in total. The first-order chi connectivity index (χ1) is 18.3. The highest BCUT2D eigenvalue weighted by molar-refractivity contribution is 6.30. The lowest BCUT2D eigenvalue weighted by Gasteiger charge is -2.47. The molecule has 0 aromatic heterocycles. The van der Waals surface area contributed by atoms with E-state index in [0.29, 0.717) is 21.2 Å². The monoisotopic (exact) mass is 551 g/mol. The van der Waals surface area contributed by atoms with E-state index in [9.17, 15) is 14.4 Å². The summed E-state index contributed by atoms with van der Waals surface area (Å²) in [6, 6.07) is 21.3. The van der Waals surface area contributed by atoms with Crippen LogP contribution in [0.1, 0.15) is 48.2 Å². The lowest BCUT2D eigenvalue weighted by atomic mass is 9.88. The van der Waals surface area contributed by atoms with E-state index >= 15 is 0 Å². The van der Waals surface area contributed by atoms with Gasteiger partial charge in [-0.2, -0.15) is 0 Å². The van der Waals surface area contributed by atoms with Gasteiger partial charge in [0, 0.05) is 23.4 Å². The number of hydrazine groups is 1. The van der Waals surface area contributed by atoms with E-state index in [2.05, 4.69) is 17.4 Å². The third kappa shape index (κ3) is 6.07. The molecule has 38 heavy (non-hydrogen) atoms. The first-order valence-corrected chi connectivity index (χ1v) is 12.8. The molecule has 4 atom stereocenters. The first kappa shape index (κ1) is 27.4. The summed E-state index contributed by atoms with van der Waals surface area (Å²) < 4.78 is 6.42. The molecule has 3 amide bonds. The number of ether oxygens (including phenoxy) is 1. The van der Waals surface area contributed by atoms with Gasteiger partial charge in [0.15, 0.2) is 0 Å². The van der Waals surface area contributed by atoms with Crippen molar-refractivity contribution in [2.24, 2.45) is 0 Å². The second-order valence-electron chi connectivity index (χ2n) is 8.85. The molecule has 0 bridgehead atoms. The molecule has 0 saturated carbocycles. The minimum Gasteiger partial charge on any atom is -0.358 e. The van der Waals surface area contributed by atoms with Gasteiger partial charge >= 0.3 is 0 Å². The fourth-order valence-electron chi connectivity index (χ4n) is 4.59. The van der Waals surface area contributed by atoms with Crippen LogP contribution in [-0.2, 0) is 19.1 Å². The van der Waals surface area contributed by atoms with Gasteiger partial charge in [0.25, 0.3) is 11.8 Å². The van der Waals surface area contributed by atoms with Crippen LogP contribution >= 0.6 is 23.2 Å². The predicted molar refractivity (Wildman–Crippen MR) is 146 cm³/mol. The maximum atomic E-state index is 14.1. The molecule has 3 aromatic rings. The normalized spacial score (nSPS) is 19.9. The molecule has 1 fully saturated rings. The smallest absolute Gasteiger partial charge is 0.265 e. The largest absolute Gasteiger partial charge is 0.358 e.